The Balaban J connectivity index is 1.50. The van der Waals surface area contributed by atoms with Gasteiger partial charge in [0.25, 0.3) is 5.91 Å². The van der Waals surface area contributed by atoms with E-state index in [9.17, 15) is 4.79 Å². The average molecular weight is 428 g/mol. The van der Waals surface area contributed by atoms with Gasteiger partial charge in [0, 0.05) is 43.5 Å². The number of halogens is 1. The molecule has 0 atom stereocenters. The summed E-state index contributed by atoms with van der Waals surface area (Å²) in [5, 5.41) is 8.96. The number of nitrogens with two attached hydrogens (primary N) is 1. The standard InChI is InChI=1S/C18H18BrN7O/c19-15(20)14-16(21)23-10-24-17(14)25-5-7-26(8-6-25)18(27)12-2-1-11-3-4-22-13(11)9-12/h1-4,9-10,20,22H,5-8H2,(H2,21,23,24). The number of amides is 1. The molecule has 4 rings (SSSR count). The summed E-state index contributed by atoms with van der Waals surface area (Å²) in [5.41, 5.74) is 8.01. The van der Waals surface area contributed by atoms with Crippen LogP contribution in [0.4, 0.5) is 11.6 Å². The number of fused-ring (bicyclic) bond motifs is 1. The number of nitrogens with zero attached hydrogens (tertiary/aromatic N) is 4. The molecule has 8 nitrogen and oxygen atoms in total. The largest absolute Gasteiger partial charge is 0.383 e. The SMILES string of the molecule is N=C(Br)c1c(N)ncnc1N1CCN(C(=O)c2ccc3cc[nH]c3c2)CC1. The van der Waals surface area contributed by atoms with Crippen molar-refractivity contribution < 1.29 is 4.79 Å². The predicted octanol–water partition coefficient (Wildman–Crippen LogP) is 2.22. The van der Waals surface area contributed by atoms with Crippen molar-refractivity contribution in [3.8, 4) is 0 Å². The van der Waals surface area contributed by atoms with Gasteiger partial charge in [-0.2, -0.15) is 0 Å². The van der Waals surface area contributed by atoms with E-state index < -0.39 is 0 Å². The minimum Gasteiger partial charge on any atom is -0.383 e. The molecule has 0 bridgehead atoms. The number of carbonyl (C=O) groups excluding carboxylic acids is 1. The van der Waals surface area contributed by atoms with Crippen molar-refractivity contribution in [2.75, 3.05) is 36.8 Å². The Morgan fingerprint density at radius 3 is 2.70 bits per heavy atom. The fraction of sp³-hybridized carbons (Fsp3) is 0.222. The maximum atomic E-state index is 12.8. The van der Waals surface area contributed by atoms with Crippen molar-refractivity contribution in [1.29, 1.82) is 5.41 Å². The van der Waals surface area contributed by atoms with Crippen molar-refractivity contribution in [1.82, 2.24) is 19.9 Å². The molecule has 1 fully saturated rings. The molecule has 1 aromatic carbocycles. The fourth-order valence-corrected chi connectivity index (χ4v) is 3.70. The molecule has 1 saturated heterocycles. The van der Waals surface area contributed by atoms with E-state index in [4.69, 9.17) is 11.1 Å². The molecule has 4 N–H and O–H groups in total. The van der Waals surface area contributed by atoms with Crippen LogP contribution in [0.2, 0.25) is 0 Å². The van der Waals surface area contributed by atoms with Crippen molar-refractivity contribution in [3.05, 3.63) is 47.9 Å². The highest BCUT2D eigenvalue weighted by Crippen LogP contribution is 2.25. The molecule has 0 aliphatic carbocycles. The van der Waals surface area contributed by atoms with E-state index in [2.05, 4.69) is 30.9 Å². The van der Waals surface area contributed by atoms with Crippen LogP contribution in [0.15, 0.2) is 36.8 Å². The van der Waals surface area contributed by atoms with E-state index in [1.807, 2.05) is 40.3 Å². The highest BCUT2D eigenvalue weighted by Gasteiger charge is 2.26. The van der Waals surface area contributed by atoms with Gasteiger partial charge >= 0.3 is 0 Å². The number of anilines is 2. The highest BCUT2D eigenvalue weighted by molar-refractivity contribution is 9.18. The van der Waals surface area contributed by atoms with E-state index in [0.717, 1.165) is 10.9 Å². The molecule has 0 unspecified atom stereocenters. The summed E-state index contributed by atoms with van der Waals surface area (Å²) >= 11 is 3.16. The van der Waals surface area contributed by atoms with Gasteiger partial charge in [0.15, 0.2) is 0 Å². The number of rotatable bonds is 3. The molecule has 9 heteroatoms. The third-order valence-corrected chi connectivity index (χ3v) is 5.14. The highest BCUT2D eigenvalue weighted by atomic mass is 79.9. The van der Waals surface area contributed by atoms with E-state index in [1.54, 1.807) is 0 Å². The molecule has 1 amide bonds. The summed E-state index contributed by atoms with van der Waals surface area (Å²) in [6.07, 6.45) is 3.26. The fourth-order valence-electron chi connectivity index (χ4n) is 3.32. The lowest BCUT2D eigenvalue weighted by molar-refractivity contribution is 0.0746. The van der Waals surface area contributed by atoms with E-state index in [-0.39, 0.29) is 16.3 Å². The number of aromatic amines is 1. The molecular weight excluding hydrogens is 410 g/mol. The van der Waals surface area contributed by atoms with Crippen LogP contribution in [-0.4, -0.2) is 56.6 Å². The Kier molecular flexibility index (Phi) is 4.53. The van der Waals surface area contributed by atoms with Gasteiger partial charge < -0.3 is 20.5 Å². The summed E-state index contributed by atoms with van der Waals surface area (Å²) in [4.78, 5) is 28.1. The molecule has 3 heterocycles. The molecule has 0 radical (unpaired) electrons. The lowest BCUT2D eigenvalue weighted by atomic mass is 10.1. The minimum absolute atomic E-state index is 0.0156. The lowest BCUT2D eigenvalue weighted by Crippen LogP contribution is -2.49. The quantitative estimate of drug-likeness (QED) is 0.554. The zero-order chi connectivity index (χ0) is 19.0. The van der Waals surface area contributed by atoms with Gasteiger partial charge in [0.05, 0.1) is 5.56 Å². The summed E-state index contributed by atoms with van der Waals surface area (Å²) in [5.74, 6) is 0.894. The van der Waals surface area contributed by atoms with Gasteiger partial charge in [0.1, 0.15) is 22.6 Å². The van der Waals surface area contributed by atoms with Gasteiger partial charge in [-0.05, 0) is 39.5 Å². The monoisotopic (exact) mass is 427 g/mol. The number of nitrogen functional groups attached to an aromatic ring is 1. The average Bonchev–Trinajstić information content (AvgIpc) is 3.15. The number of benzene rings is 1. The molecular formula is C18H18BrN7O. The summed E-state index contributed by atoms with van der Waals surface area (Å²) in [7, 11) is 0. The third kappa shape index (κ3) is 3.25. The first-order chi connectivity index (χ1) is 13.0. The number of hydrogen-bond acceptors (Lipinski definition) is 6. The first kappa shape index (κ1) is 17.5. The van der Waals surface area contributed by atoms with Crippen LogP contribution in [0, 0.1) is 5.41 Å². The maximum Gasteiger partial charge on any atom is 0.254 e. The Morgan fingerprint density at radius 2 is 1.96 bits per heavy atom. The number of piperazine rings is 1. The van der Waals surface area contributed by atoms with Gasteiger partial charge in [-0.3, -0.25) is 10.2 Å². The number of carbonyl (C=O) groups is 1. The summed E-state index contributed by atoms with van der Waals surface area (Å²) in [6.45, 7) is 2.36. The molecule has 138 valence electrons. The number of hydrogen-bond donors (Lipinski definition) is 3. The van der Waals surface area contributed by atoms with Crippen LogP contribution in [0.1, 0.15) is 15.9 Å². The molecule has 27 heavy (non-hydrogen) atoms. The van der Waals surface area contributed by atoms with Crippen LogP contribution in [-0.2, 0) is 0 Å². The normalized spacial score (nSPS) is 14.6. The van der Waals surface area contributed by atoms with Gasteiger partial charge in [-0.25, -0.2) is 9.97 Å². The number of nitrogens with one attached hydrogen (secondary N) is 2. The second-order valence-electron chi connectivity index (χ2n) is 6.33. The van der Waals surface area contributed by atoms with E-state index in [1.165, 1.54) is 6.33 Å². The van der Waals surface area contributed by atoms with Crippen molar-refractivity contribution in [2.45, 2.75) is 0 Å². The Morgan fingerprint density at radius 1 is 1.19 bits per heavy atom. The zero-order valence-corrected chi connectivity index (χ0v) is 16.0. The first-order valence-electron chi connectivity index (χ1n) is 8.51. The van der Waals surface area contributed by atoms with Gasteiger partial charge in [-0.15, -0.1) is 0 Å². The zero-order valence-electron chi connectivity index (χ0n) is 14.4. The molecule has 1 aliphatic rings. The Labute approximate surface area is 164 Å². The minimum atomic E-state index is 0.0156. The van der Waals surface area contributed by atoms with Crippen LogP contribution >= 0.6 is 15.9 Å². The molecule has 0 saturated carbocycles. The van der Waals surface area contributed by atoms with Gasteiger partial charge in [0.2, 0.25) is 0 Å². The first-order valence-corrected chi connectivity index (χ1v) is 9.30. The Hall–Kier alpha value is -2.94. The number of H-pyrrole nitrogens is 1. The molecule has 3 aromatic rings. The second-order valence-corrected chi connectivity index (χ2v) is 7.12. The van der Waals surface area contributed by atoms with Gasteiger partial charge in [-0.1, -0.05) is 6.07 Å². The second kappa shape index (κ2) is 6.99. The van der Waals surface area contributed by atoms with Crippen LogP contribution in [0.5, 0.6) is 0 Å². The van der Waals surface area contributed by atoms with Crippen LogP contribution in [0.3, 0.4) is 0 Å². The van der Waals surface area contributed by atoms with Crippen LogP contribution < -0.4 is 10.6 Å². The lowest BCUT2D eigenvalue weighted by Gasteiger charge is -2.36. The summed E-state index contributed by atoms with van der Waals surface area (Å²) in [6, 6.07) is 7.68. The van der Waals surface area contributed by atoms with E-state index in [0.29, 0.717) is 43.1 Å². The predicted molar refractivity (Wildman–Crippen MR) is 109 cm³/mol. The number of aromatic nitrogens is 3. The van der Waals surface area contributed by atoms with Crippen molar-refractivity contribution in [3.63, 3.8) is 0 Å². The Bertz CT molecular complexity index is 1020. The van der Waals surface area contributed by atoms with Crippen molar-refractivity contribution in [2.24, 2.45) is 0 Å². The molecule has 2 aromatic heterocycles. The molecule has 0 spiro atoms. The summed E-state index contributed by atoms with van der Waals surface area (Å²) < 4.78 is 0.147. The third-order valence-electron chi connectivity index (χ3n) is 4.74. The van der Waals surface area contributed by atoms with Crippen molar-refractivity contribution >= 4 is 49.0 Å². The molecule has 1 aliphatic heterocycles. The van der Waals surface area contributed by atoms with E-state index >= 15 is 0 Å². The van der Waals surface area contributed by atoms with Crippen LogP contribution in [0.25, 0.3) is 10.9 Å². The maximum absolute atomic E-state index is 12.8. The smallest absolute Gasteiger partial charge is 0.254 e. The topological polar surface area (TPSA) is 115 Å².